The van der Waals surface area contributed by atoms with Gasteiger partial charge >= 0.3 is 11.9 Å². The van der Waals surface area contributed by atoms with Crippen molar-refractivity contribution in [2.45, 2.75) is 25.1 Å². The van der Waals surface area contributed by atoms with E-state index < -0.39 is 17.3 Å². The molecule has 1 aromatic rings. The van der Waals surface area contributed by atoms with E-state index >= 15 is 0 Å². The summed E-state index contributed by atoms with van der Waals surface area (Å²) in [6, 6.07) is 4.33. The Morgan fingerprint density at radius 3 is 2.47 bits per heavy atom. The van der Waals surface area contributed by atoms with Gasteiger partial charge in [-0.3, -0.25) is 4.79 Å². The lowest BCUT2D eigenvalue weighted by atomic mass is 9.98. The molecule has 0 saturated carbocycles. The van der Waals surface area contributed by atoms with Gasteiger partial charge in [-0.25, -0.2) is 4.79 Å². The first-order valence-electron chi connectivity index (χ1n) is 5.20. The molecule has 0 aliphatic heterocycles. The summed E-state index contributed by atoms with van der Waals surface area (Å²) >= 11 is 5.77. The van der Waals surface area contributed by atoms with Crippen molar-refractivity contribution in [1.29, 1.82) is 0 Å². The summed E-state index contributed by atoms with van der Waals surface area (Å²) in [7, 11) is 0. The lowest BCUT2D eigenvalue weighted by molar-refractivity contribution is -0.136. The van der Waals surface area contributed by atoms with Gasteiger partial charge in [0, 0.05) is 0 Å². The molecular weight excluding hydrogens is 244 g/mol. The van der Waals surface area contributed by atoms with E-state index in [0.717, 1.165) is 6.42 Å². The molecule has 17 heavy (non-hydrogen) atoms. The molecule has 4 nitrogen and oxygen atoms in total. The second-order valence-corrected chi connectivity index (χ2v) is 4.11. The van der Waals surface area contributed by atoms with Crippen molar-refractivity contribution in [2.24, 2.45) is 0 Å². The van der Waals surface area contributed by atoms with E-state index in [9.17, 15) is 9.59 Å². The fourth-order valence-electron chi connectivity index (χ4n) is 1.60. The van der Waals surface area contributed by atoms with Gasteiger partial charge in [0.05, 0.1) is 5.56 Å². The summed E-state index contributed by atoms with van der Waals surface area (Å²) in [6.45, 7) is 1.93. The van der Waals surface area contributed by atoms with E-state index in [1.807, 2.05) is 6.92 Å². The van der Waals surface area contributed by atoms with E-state index in [1.54, 1.807) is 0 Å². The predicted octanol–water partition coefficient (Wildman–Crippen LogP) is 2.70. The maximum absolute atomic E-state index is 10.8. The van der Waals surface area contributed by atoms with Crippen LogP contribution in [0.1, 0.15) is 40.2 Å². The SMILES string of the molecule is CCCc1cc(C(=O)O)ccc1C(Cl)C(=O)O. The highest BCUT2D eigenvalue weighted by molar-refractivity contribution is 6.29. The van der Waals surface area contributed by atoms with Crippen LogP contribution in [0.3, 0.4) is 0 Å². The first-order chi connectivity index (χ1) is 7.97. The molecule has 0 spiro atoms. The third-order valence-corrected chi connectivity index (χ3v) is 2.82. The number of carboxylic acid groups (broad SMARTS) is 2. The number of halogens is 1. The summed E-state index contributed by atoms with van der Waals surface area (Å²) in [5.41, 5.74) is 1.28. The molecular formula is C12H13ClO4. The molecule has 1 rings (SSSR count). The Kier molecular flexibility index (Phi) is 4.52. The average molecular weight is 257 g/mol. The van der Waals surface area contributed by atoms with Crippen LogP contribution in [0, 0.1) is 0 Å². The lowest BCUT2D eigenvalue weighted by Gasteiger charge is -2.12. The van der Waals surface area contributed by atoms with Crippen molar-refractivity contribution in [3.8, 4) is 0 Å². The van der Waals surface area contributed by atoms with Gasteiger partial charge in [0.15, 0.2) is 5.38 Å². The molecule has 92 valence electrons. The van der Waals surface area contributed by atoms with Crippen LogP contribution in [0.5, 0.6) is 0 Å². The second-order valence-electron chi connectivity index (χ2n) is 3.67. The number of benzene rings is 1. The standard InChI is InChI=1S/C12H13ClO4/c1-2-3-7-6-8(11(14)15)4-5-9(7)10(13)12(16)17/h4-6,10H,2-3H2,1H3,(H,14,15)(H,16,17). The van der Waals surface area contributed by atoms with Gasteiger partial charge in [-0.15, -0.1) is 11.6 Å². The van der Waals surface area contributed by atoms with Gasteiger partial charge in [-0.2, -0.15) is 0 Å². The number of rotatable bonds is 5. The van der Waals surface area contributed by atoms with Crippen LogP contribution in [0.2, 0.25) is 0 Å². The van der Waals surface area contributed by atoms with Gasteiger partial charge in [0.2, 0.25) is 0 Å². The Balaban J connectivity index is 3.21. The monoisotopic (exact) mass is 256 g/mol. The molecule has 2 N–H and O–H groups in total. The summed E-state index contributed by atoms with van der Waals surface area (Å²) in [5.74, 6) is -2.16. The fraction of sp³-hybridized carbons (Fsp3) is 0.333. The van der Waals surface area contributed by atoms with E-state index in [0.29, 0.717) is 17.5 Å². The highest BCUT2D eigenvalue weighted by Crippen LogP contribution is 2.26. The first kappa shape index (κ1) is 13.5. The zero-order chi connectivity index (χ0) is 13.0. The van der Waals surface area contributed by atoms with Crippen molar-refractivity contribution in [3.63, 3.8) is 0 Å². The second kappa shape index (κ2) is 5.68. The highest BCUT2D eigenvalue weighted by atomic mass is 35.5. The highest BCUT2D eigenvalue weighted by Gasteiger charge is 2.20. The van der Waals surface area contributed by atoms with Gasteiger partial charge in [-0.05, 0) is 29.7 Å². The number of carboxylic acids is 2. The third-order valence-electron chi connectivity index (χ3n) is 2.40. The number of carbonyl (C=O) groups is 2. The lowest BCUT2D eigenvalue weighted by Crippen LogP contribution is -2.09. The molecule has 0 bridgehead atoms. The number of aliphatic carboxylic acids is 1. The van der Waals surface area contributed by atoms with Crippen LogP contribution >= 0.6 is 11.6 Å². The number of aryl methyl sites for hydroxylation is 1. The molecule has 0 aliphatic rings. The molecule has 1 atom stereocenters. The number of alkyl halides is 1. The van der Waals surface area contributed by atoms with E-state index in [1.165, 1.54) is 18.2 Å². The average Bonchev–Trinajstić information content (AvgIpc) is 2.28. The quantitative estimate of drug-likeness (QED) is 0.795. The normalized spacial score (nSPS) is 12.1. The molecule has 0 saturated heterocycles. The van der Waals surface area contributed by atoms with Crippen LogP contribution in [-0.4, -0.2) is 22.2 Å². The molecule has 0 aliphatic carbocycles. The van der Waals surface area contributed by atoms with Crippen molar-refractivity contribution in [1.82, 2.24) is 0 Å². The minimum Gasteiger partial charge on any atom is -0.480 e. The fourth-order valence-corrected chi connectivity index (χ4v) is 1.82. The zero-order valence-electron chi connectivity index (χ0n) is 9.31. The van der Waals surface area contributed by atoms with Crippen molar-refractivity contribution in [2.75, 3.05) is 0 Å². The van der Waals surface area contributed by atoms with Gasteiger partial charge in [-0.1, -0.05) is 19.4 Å². The minimum absolute atomic E-state index is 0.145. The maximum atomic E-state index is 10.8. The predicted molar refractivity (Wildman–Crippen MR) is 63.6 cm³/mol. The molecule has 5 heteroatoms. The van der Waals surface area contributed by atoms with Crippen LogP contribution in [-0.2, 0) is 11.2 Å². The zero-order valence-corrected chi connectivity index (χ0v) is 10.1. The summed E-state index contributed by atoms with van der Waals surface area (Å²) < 4.78 is 0. The van der Waals surface area contributed by atoms with Crippen molar-refractivity contribution in [3.05, 3.63) is 34.9 Å². The van der Waals surface area contributed by atoms with Crippen LogP contribution in [0.15, 0.2) is 18.2 Å². The molecule has 1 aromatic carbocycles. The van der Waals surface area contributed by atoms with E-state index in [4.69, 9.17) is 21.8 Å². The third kappa shape index (κ3) is 3.20. The largest absolute Gasteiger partial charge is 0.480 e. The number of hydrogen-bond donors (Lipinski definition) is 2. The Bertz CT molecular complexity index is 442. The van der Waals surface area contributed by atoms with Crippen molar-refractivity contribution < 1.29 is 19.8 Å². The van der Waals surface area contributed by atoms with Gasteiger partial charge in [0.1, 0.15) is 0 Å². The Labute approximate surface area is 104 Å². The summed E-state index contributed by atoms with van der Waals surface area (Å²) in [5, 5.41) is 16.6. The van der Waals surface area contributed by atoms with E-state index in [2.05, 4.69) is 0 Å². The van der Waals surface area contributed by atoms with E-state index in [-0.39, 0.29) is 5.56 Å². The molecule has 0 radical (unpaired) electrons. The van der Waals surface area contributed by atoms with Gasteiger partial charge in [0.25, 0.3) is 0 Å². The Morgan fingerprint density at radius 1 is 1.35 bits per heavy atom. The van der Waals surface area contributed by atoms with Crippen LogP contribution in [0.25, 0.3) is 0 Å². The van der Waals surface area contributed by atoms with Crippen LogP contribution < -0.4 is 0 Å². The smallest absolute Gasteiger partial charge is 0.335 e. The number of hydrogen-bond acceptors (Lipinski definition) is 2. The topological polar surface area (TPSA) is 74.6 Å². The summed E-state index contributed by atoms with van der Waals surface area (Å²) in [4.78, 5) is 21.6. The molecule has 1 unspecified atom stereocenters. The molecule has 0 fully saturated rings. The van der Waals surface area contributed by atoms with Gasteiger partial charge < -0.3 is 10.2 Å². The van der Waals surface area contributed by atoms with Crippen LogP contribution in [0.4, 0.5) is 0 Å². The first-order valence-corrected chi connectivity index (χ1v) is 5.64. The molecule has 0 aromatic heterocycles. The molecule has 0 heterocycles. The Morgan fingerprint density at radius 2 is 2.00 bits per heavy atom. The molecule has 0 amide bonds. The summed E-state index contributed by atoms with van der Waals surface area (Å²) in [6.07, 6.45) is 1.40. The minimum atomic E-state index is -1.14. The number of aromatic carboxylic acids is 1. The Hall–Kier alpha value is -1.55. The maximum Gasteiger partial charge on any atom is 0.335 e. The van der Waals surface area contributed by atoms with Crippen molar-refractivity contribution >= 4 is 23.5 Å².